The number of nitrogens with zero attached hydrogens (tertiary/aromatic N) is 1. The van der Waals surface area contributed by atoms with Gasteiger partial charge in [0, 0.05) is 17.6 Å². The number of amides is 2. The number of benzene rings is 2. The number of fused-ring (bicyclic) bond motifs is 4. The number of nitrogens with one attached hydrogen (secondary N) is 3. The number of sulfonamides is 1. The number of rotatable bonds is 1. The van der Waals surface area contributed by atoms with E-state index in [9.17, 15) is 22.4 Å². The Morgan fingerprint density at radius 1 is 0.976 bits per heavy atom. The largest absolute Gasteiger partial charge is 0.376 e. The van der Waals surface area contributed by atoms with E-state index < -0.39 is 27.2 Å². The summed E-state index contributed by atoms with van der Waals surface area (Å²) in [4.78, 5) is 26.5. The molecule has 5 rings (SSSR count). The maximum absolute atomic E-state index is 13.9. The van der Waals surface area contributed by atoms with Gasteiger partial charge in [0.2, 0.25) is 5.91 Å². The number of hydrogen-bond acceptors (Lipinski definition) is 6. The van der Waals surface area contributed by atoms with Crippen LogP contribution in [0.5, 0.6) is 0 Å². The number of ether oxygens (including phenoxy) is 1. The Kier molecular flexibility index (Phi) is 8.98. The van der Waals surface area contributed by atoms with E-state index >= 15 is 0 Å². The molecule has 4 bridgehead atoms. The van der Waals surface area contributed by atoms with Crippen molar-refractivity contribution in [3.8, 4) is 0 Å². The Balaban J connectivity index is 1.49. The topological polar surface area (TPSA) is 117 Å². The zero-order valence-electron chi connectivity index (χ0n) is 22.6. The van der Waals surface area contributed by atoms with E-state index in [-0.39, 0.29) is 58.9 Å². The number of hydrogen-bond donors (Lipinski definition) is 3. The van der Waals surface area contributed by atoms with Crippen LogP contribution in [0.15, 0.2) is 59.5 Å². The molecule has 1 aliphatic carbocycles. The molecule has 1 spiro atoms. The lowest BCUT2D eigenvalue weighted by Gasteiger charge is -2.36. The summed E-state index contributed by atoms with van der Waals surface area (Å²) in [6.45, 7) is 1.74. The fourth-order valence-electron chi connectivity index (χ4n) is 5.66. The van der Waals surface area contributed by atoms with Crippen molar-refractivity contribution >= 4 is 39.1 Å². The first-order valence-corrected chi connectivity index (χ1v) is 15.6. The summed E-state index contributed by atoms with van der Waals surface area (Å²) in [5.74, 6) is -0.965. The second kappa shape index (κ2) is 12.5. The molecule has 0 unspecified atom stereocenters. The van der Waals surface area contributed by atoms with Crippen LogP contribution in [-0.4, -0.2) is 65.2 Å². The molecule has 220 valence electrons. The van der Waals surface area contributed by atoms with Crippen LogP contribution in [0.3, 0.4) is 0 Å². The number of carbonyl (C=O) groups is 2. The molecular weight excluding hydrogens is 571 g/mol. The van der Waals surface area contributed by atoms with Gasteiger partial charge < -0.3 is 20.7 Å². The molecule has 1 saturated carbocycles. The van der Waals surface area contributed by atoms with Gasteiger partial charge in [0.25, 0.3) is 15.9 Å². The molecule has 12 heteroatoms. The molecule has 3 N–H and O–H groups in total. The molecule has 41 heavy (non-hydrogen) atoms. The second-order valence-corrected chi connectivity index (χ2v) is 13.1. The van der Waals surface area contributed by atoms with Crippen molar-refractivity contribution in [3.63, 3.8) is 0 Å². The van der Waals surface area contributed by atoms with E-state index in [1.807, 2.05) is 0 Å². The van der Waals surface area contributed by atoms with Gasteiger partial charge in [-0.1, -0.05) is 23.8 Å². The van der Waals surface area contributed by atoms with Crippen molar-refractivity contribution in [2.45, 2.75) is 49.1 Å². The molecule has 2 fully saturated rings. The normalized spacial score (nSPS) is 25.9. The molecule has 2 heterocycles. The van der Waals surface area contributed by atoms with Crippen LogP contribution in [0.1, 0.15) is 42.5 Å². The van der Waals surface area contributed by atoms with Crippen LogP contribution in [0.25, 0.3) is 0 Å². The standard InChI is InChI=1S/C29H34ClFN4O5S/c30-25-10-3-20-17-26(25)41(38,39)35(24-8-4-21(31)5-9-24)15-1-2-16-40-19-29(11-13-32-14-12-29)28(37)34-23-7-6-22(18-23)33-27(20)36/h1-5,8-10,17,22-23,32H,6-7,11-16,18-19H2,(H,33,36)(H,34,37)/b2-1+/t22-,23+/m0/s1. The third kappa shape index (κ3) is 6.58. The number of halogens is 2. The van der Waals surface area contributed by atoms with Gasteiger partial charge in [0.15, 0.2) is 0 Å². The van der Waals surface area contributed by atoms with E-state index in [1.165, 1.54) is 42.5 Å². The molecule has 2 aliphatic heterocycles. The van der Waals surface area contributed by atoms with Gasteiger partial charge in [-0.15, -0.1) is 0 Å². The molecule has 1 saturated heterocycles. The minimum atomic E-state index is -4.26. The molecule has 9 nitrogen and oxygen atoms in total. The van der Waals surface area contributed by atoms with E-state index in [2.05, 4.69) is 16.0 Å². The summed E-state index contributed by atoms with van der Waals surface area (Å²) in [5, 5.41) is 9.45. The van der Waals surface area contributed by atoms with E-state index in [1.54, 1.807) is 12.2 Å². The Hall–Kier alpha value is -2.99. The SMILES string of the molecule is O=C1N[C@H]2CC[C@H](C2)NC(=O)C2(CCNCC2)COC/C=C/CN(c2ccc(F)cc2)S(=O)(=O)c2cc1ccc2Cl. The van der Waals surface area contributed by atoms with Crippen LogP contribution < -0.4 is 20.3 Å². The van der Waals surface area contributed by atoms with Gasteiger partial charge in [-0.2, -0.15) is 0 Å². The van der Waals surface area contributed by atoms with Crippen LogP contribution in [0.2, 0.25) is 5.02 Å². The highest BCUT2D eigenvalue weighted by Gasteiger charge is 2.41. The fraction of sp³-hybridized carbons (Fsp3) is 0.448. The molecule has 2 aromatic rings. The summed E-state index contributed by atoms with van der Waals surface area (Å²) in [6, 6.07) is 8.96. The Morgan fingerprint density at radius 3 is 2.41 bits per heavy atom. The average Bonchev–Trinajstić information content (AvgIpc) is 3.39. The van der Waals surface area contributed by atoms with Gasteiger partial charge in [0.1, 0.15) is 10.7 Å². The van der Waals surface area contributed by atoms with Crippen molar-refractivity contribution < 1.29 is 27.1 Å². The van der Waals surface area contributed by atoms with Crippen LogP contribution in [0.4, 0.5) is 10.1 Å². The molecule has 0 radical (unpaired) electrons. The van der Waals surface area contributed by atoms with Gasteiger partial charge in [-0.3, -0.25) is 13.9 Å². The predicted octanol–water partition coefficient (Wildman–Crippen LogP) is 3.40. The quantitative estimate of drug-likeness (QED) is 0.430. The number of carbonyl (C=O) groups excluding carboxylic acids is 2. The van der Waals surface area contributed by atoms with Gasteiger partial charge in [0.05, 0.1) is 35.9 Å². The first-order chi connectivity index (χ1) is 19.7. The predicted molar refractivity (Wildman–Crippen MR) is 154 cm³/mol. The third-order valence-electron chi connectivity index (χ3n) is 8.05. The molecule has 3 aliphatic rings. The van der Waals surface area contributed by atoms with Crippen molar-refractivity contribution in [2.75, 3.05) is 37.2 Å². The lowest BCUT2D eigenvalue weighted by molar-refractivity contribution is -0.137. The fourth-order valence-corrected chi connectivity index (χ4v) is 7.58. The van der Waals surface area contributed by atoms with Crippen molar-refractivity contribution in [3.05, 3.63) is 71.0 Å². The molecule has 0 aromatic heterocycles. The Morgan fingerprint density at radius 2 is 1.68 bits per heavy atom. The van der Waals surface area contributed by atoms with Crippen molar-refractivity contribution in [2.24, 2.45) is 5.41 Å². The van der Waals surface area contributed by atoms with Crippen LogP contribution in [-0.2, 0) is 19.6 Å². The first kappa shape index (κ1) is 29.5. The zero-order valence-corrected chi connectivity index (χ0v) is 24.1. The molecule has 2 aromatic carbocycles. The summed E-state index contributed by atoms with van der Waals surface area (Å²) in [7, 11) is -4.26. The summed E-state index contributed by atoms with van der Waals surface area (Å²) in [5.41, 5.74) is -0.283. The van der Waals surface area contributed by atoms with E-state index in [0.717, 1.165) is 10.7 Å². The number of piperidine rings is 1. The highest BCUT2D eigenvalue weighted by Crippen LogP contribution is 2.32. The minimum Gasteiger partial charge on any atom is -0.376 e. The molecular formula is C29H34ClFN4O5S. The van der Waals surface area contributed by atoms with Crippen LogP contribution >= 0.6 is 11.6 Å². The second-order valence-electron chi connectivity index (χ2n) is 10.8. The lowest BCUT2D eigenvalue weighted by Crippen LogP contribution is -2.52. The Bertz CT molecular complexity index is 1410. The lowest BCUT2D eigenvalue weighted by atomic mass is 9.78. The monoisotopic (exact) mass is 604 g/mol. The van der Waals surface area contributed by atoms with Crippen molar-refractivity contribution in [1.82, 2.24) is 16.0 Å². The average molecular weight is 605 g/mol. The number of anilines is 1. The highest BCUT2D eigenvalue weighted by atomic mass is 35.5. The summed E-state index contributed by atoms with van der Waals surface area (Å²) >= 11 is 6.36. The third-order valence-corrected chi connectivity index (χ3v) is 10.3. The minimum absolute atomic E-state index is 0.0335. The maximum Gasteiger partial charge on any atom is 0.266 e. The van der Waals surface area contributed by atoms with E-state index in [4.69, 9.17) is 16.3 Å². The molecule has 2 atom stereocenters. The summed E-state index contributed by atoms with van der Waals surface area (Å²) in [6.07, 6.45) is 6.59. The smallest absolute Gasteiger partial charge is 0.266 e. The Labute approximate surface area is 244 Å². The zero-order chi connectivity index (χ0) is 29.0. The van der Waals surface area contributed by atoms with Gasteiger partial charge in [-0.25, -0.2) is 12.8 Å². The van der Waals surface area contributed by atoms with Gasteiger partial charge in [-0.05, 0) is 87.7 Å². The van der Waals surface area contributed by atoms with E-state index in [0.29, 0.717) is 38.8 Å². The van der Waals surface area contributed by atoms with Crippen LogP contribution in [0, 0.1) is 11.2 Å². The maximum atomic E-state index is 13.9. The van der Waals surface area contributed by atoms with Gasteiger partial charge >= 0.3 is 0 Å². The first-order valence-electron chi connectivity index (χ1n) is 13.8. The molecule has 2 amide bonds. The summed E-state index contributed by atoms with van der Waals surface area (Å²) < 4.78 is 48.6. The van der Waals surface area contributed by atoms with Crippen molar-refractivity contribution in [1.29, 1.82) is 0 Å². The highest BCUT2D eigenvalue weighted by molar-refractivity contribution is 7.93.